The maximum absolute atomic E-state index is 13.6. The van der Waals surface area contributed by atoms with E-state index in [1.807, 2.05) is 25.1 Å². The molecule has 4 rings (SSSR count). The van der Waals surface area contributed by atoms with Gasteiger partial charge < -0.3 is 19.2 Å². The first-order valence-corrected chi connectivity index (χ1v) is 9.97. The number of carbonyl (C=O) groups is 1. The fourth-order valence-corrected chi connectivity index (χ4v) is 4.00. The highest BCUT2D eigenvalue weighted by molar-refractivity contribution is 7.98. The Bertz CT molecular complexity index is 1170. The third-order valence-electron chi connectivity index (χ3n) is 4.76. The van der Waals surface area contributed by atoms with Gasteiger partial charge in [-0.2, -0.15) is 9.65 Å². The van der Waals surface area contributed by atoms with Crippen LogP contribution in [0.25, 0.3) is 5.52 Å². The zero-order valence-corrected chi connectivity index (χ0v) is 17.1. The minimum Gasteiger partial charge on any atom is -0.377 e. The number of hydrogen-bond donors (Lipinski definition) is 3. The van der Waals surface area contributed by atoms with Gasteiger partial charge in [-0.15, -0.1) is 0 Å². The average molecular weight is 426 g/mol. The molecule has 1 aliphatic heterocycles. The number of amides is 1. The van der Waals surface area contributed by atoms with Gasteiger partial charge in [-0.25, -0.2) is 9.71 Å². The Morgan fingerprint density at radius 1 is 1.40 bits per heavy atom. The normalized spacial score (nSPS) is 14.7. The van der Waals surface area contributed by atoms with Gasteiger partial charge in [0.05, 0.1) is 30.0 Å². The van der Waals surface area contributed by atoms with Crippen molar-refractivity contribution in [3.63, 3.8) is 0 Å². The van der Waals surface area contributed by atoms with Crippen LogP contribution in [0.3, 0.4) is 0 Å². The van der Waals surface area contributed by atoms with Crippen LogP contribution in [0, 0.1) is 24.2 Å². The Labute approximate surface area is 176 Å². The van der Waals surface area contributed by atoms with Gasteiger partial charge in [0.15, 0.2) is 0 Å². The number of nitriles is 1. The lowest BCUT2D eigenvalue weighted by atomic mass is 10.0. The molecule has 0 radical (unpaired) electrons. The minimum absolute atomic E-state index is 0.0921. The summed E-state index contributed by atoms with van der Waals surface area (Å²) in [6, 6.07) is 9.79. The molecule has 1 fully saturated rings. The van der Waals surface area contributed by atoms with E-state index in [0.29, 0.717) is 18.9 Å². The second kappa shape index (κ2) is 7.95. The van der Waals surface area contributed by atoms with E-state index >= 15 is 0 Å². The number of nitrogens with one attached hydrogen (secondary N) is 3. The molecule has 0 atom stereocenters. The van der Waals surface area contributed by atoms with Crippen molar-refractivity contribution in [2.75, 3.05) is 23.3 Å². The second-order valence-corrected chi connectivity index (χ2v) is 7.91. The summed E-state index contributed by atoms with van der Waals surface area (Å²) in [7, 11) is 0. The van der Waals surface area contributed by atoms with Crippen molar-refractivity contribution in [2.45, 2.75) is 19.4 Å². The van der Waals surface area contributed by atoms with E-state index in [-0.39, 0.29) is 16.9 Å². The third kappa shape index (κ3) is 3.82. The maximum Gasteiger partial charge on any atom is 0.273 e. The fraction of sp³-hybridized carbons (Fsp3) is 0.250. The molecule has 0 unspecified atom stereocenters. The molecular weight excluding hydrogens is 407 g/mol. The van der Waals surface area contributed by atoms with Crippen molar-refractivity contribution in [1.29, 1.82) is 5.26 Å². The molecule has 3 aromatic rings. The van der Waals surface area contributed by atoms with Gasteiger partial charge in [0.2, 0.25) is 5.95 Å². The number of aromatic nitrogens is 2. The van der Waals surface area contributed by atoms with Crippen molar-refractivity contribution in [3.05, 3.63) is 59.4 Å². The molecule has 8 nitrogen and oxygen atoms in total. The lowest BCUT2D eigenvalue weighted by Crippen LogP contribution is -2.55. The van der Waals surface area contributed by atoms with Crippen molar-refractivity contribution >= 4 is 34.9 Å². The van der Waals surface area contributed by atoms with Crippen LogP contribution in [-0.4, -0.2) is 34.0 Å². The number of anilines is 2. The fourth-order valence-electron chi connectivity index (χ4n) is 3.23. The van der Waals surface area contributed by atoms with E-state index < -0.39 is 11.9 Å². The zero-order valence-electron chi connectivity index (χ0n) is 16.3. The lowest BCUT2D eigenvalue weighted by molar-refractivity contribution is -0.0509. The van der Waals surface area contributed by atoms with Gasteiger partial charge in [-0.1, -0.05) is 6.07 Å². The van der Waals surface area contributed by atoms with Crippen LogP contribution >= 0.6 is 12.1 Å². The number of carbonyl (C=O) groups excluding carboxylic acids is 1. The smallest absolute Gasteiger partial charge is 0.273 e. The van der Waals surface area contributed by atoms with Gasteiger partial charge in [0.1, 0.15) is 17.5 Å². The molecule has 1 amide bonds. The Kier molecular flexibility index (Phi) is 5.34. The first kappa shape index (κ1) is 20.2. The summed E-state index contributed by atoms with van der Waals surface area (Å²) in [5, 5.41) is 11.6. The number of pyridine rings is 2. The van der Waals surface area contributed by atoms with Crippen LogP contribution in [0.5, 0.6) is 0 Å². The number of fused-ring (bicyclic) bond motifs is 1. The number of nitrogens with zero attached hydrogens (tertiary/aromatic N) is 3. The average Bonchev–Trinajstić information content (AvgIpc) is 2.98. The van der Waals surface area contributed by atoms with Crippen molar-refractivity contribution in [3.8, 4) is 6.07 Å². The summed E-state index contributed by atoms with van der Waals surface area (Å²) in [5.74, 6) is -1.26. The van der Waals surface area contributed by atoms with Crippen LogP contribution in [0.4, 0.5) is 15.8 Å². The van der Waals surface area contributed by atoms with Gasteiger partial charge in [-0.3, -0.25) is 4.79 Å². The van der Waals surface area contributed by atoms with Crippen molar-refractivity contribution in [2.24, 2.45) is 0 Å². The van der Waals surface area contributed by atoms with Gasteiger partial charge >= 0.3 is 0 Å². The SMILES string of the molecule is Cc1c(NSNC2(C)COC2)c2ccccn2c1C(=O)Nc1cc(F)nc(C#N)c1. The van der Waals surface area contributed by atoms with Crippen molar-refractivity contribution < 1.29 is 13.9 Å². The predicted octanol–water partition coefficient (Wildman–Crippen LogP) is 3.26. The molecular formula is C20H19FN6O2S. The molecule has 10 heteroatoms. The summed E-state index contributed by atoms with van der Waals surface area (Å²) in [6.45, 7) is 5.18. The van der Waals surface area contributed by atoms with Crippen LogP contribution < -0.4 is 14.8 Å². The molecule has 4 heterocycles. The van der Waals surface area contributed by atoms with E-state index in [4.69, 9.17) is 10.00 Å². The molecule has 1 aliphatic rings. The Balaban J connectivity index is 1.62. The summed E-state index contributed by atoms with van der Waals surface area (Å²) in [5.41, 5.74) is 2.72. The Morgan fingerprint density at radius 2 is 2.20 bits per heavy atom. The Morgan fingerprint density at radius 3 is 2.90 bits per heavy atom. The lowest BCUT2D eigenvalue weighted by Gasteiger charge is -2.38. The standard InChI is InChI=1S/C20H19FN6O2S/c1-12-17(25-30-26-20(2)10-29-11-20)15-5-3-4-6-27(15)18(12)19(28)24-13-7-14(9-22)23-16(21)8-13/h3-8,25-26H,10-11H2,1-2H3,(H,23,24,28). The largest absolute Gasteiger partial charge is 0.377 e. The quantitative estimate of drug-likeness (QED) is 0.411. The number of ether oxygens (including phenoxy) is 1. The summed E-state index contributed by atoms with van der Waals surface area (Å²) in [6.07, 6.45) is 1.79. The highest BCUT2D eigenvalue weighted by Crippen LogP contribution is 2.31. The first-order chi connectivity index (χ1) is 14.4. The molecule has 30 heavy (non-hydrogen) atoms. The summed E-state index contributed by atoms with van der Waals surface area (Å²) in [4.78, 5) is 16.5. The van der Waals surface area contributed by atoms with E-state index in [9.17, 15) is 9.18 Å². The highest BCUT2D eigenvalue weighted by atomic mass is 32.2. The highest BCUT2D eigenvalue weighted by Gasteiger charge is 2.33. The summed E-state index contributed by atoms with van der Waals surface area (Å²) >= 11 is 1.34. The van der Waals surface area contributed by atoms with Gasteiger partial charge in [0.25, 0.3) is 5.91 Å². The number of halogens is 1. The molecule has 1 saturated heterocycles. The van der Waals surface area contributed by atoms with Gasteiger partial charge in [0, 0.05) is 35.6 Å². The van der Waals surface area contributed by atoms with Crippen LogP contribution in [0.15, 0.2) is 36.5 Å². The molecule has 0 aliphatic carbocycles. The first-order valence-electron chi connectivity index (χ1n) is 9.16. The topological polar surface area (TPSA) is 103 Å². The monoisotopic (exact) mass is 426 g/mol. The molecule has 3 aromatic heterocycles. The number of hydrogen-bond acceptors (Lipinski definition) is 7. The zero-order chi connectivity index (χ0) is 21.3. The molecule has 0 saturated carbocycles. The van der Waals surface area contributed by atoms with Crippen LogP contribution in [-0.2, 0) is 4.74 Å². The number of rotatable bonds is 6. The third-order valence-corrected chi connectivity index (χ3v) is 5.66. The van der Waals surface area contributed by atoms with Crippen LogP contribution in [0.2, 0.25) is 0 Å². The molecule has 0 spiro atoms. The minimum atomic E-state index is -0.834. The predicted molar refractivity (Wildman–Crippen MR) is 113 cm³/mol. The molecule has 0 aromatic carbocycles. The summed E-state index contributed by atoms with van der Waals surface area (Å²) < 4.78 is 27.2. The van der Waals surface area contributed by atoms with E-state index in [1.54, 1.807) is 16.7 Å². The van der Waals surface area contributed by atoms with Gasteiger partial charge in [-0.05, 0) is 32.0 Å². The van der Waals surface area contributed by atoms with E-state index in [2.05, 4.69) is 26.7 Å². The Hall–Kier alpha value is -3.13. The van der Waals surface area contributed by atoms with E-state index in [0.717, 1.165) is 22.8 Å². The molecule has 3 N–H and O–H groups in total. The molecule has 0 bridgehead atoms. The van der Waals surface area contributed by atoms with Crippen molar-refractivity contribution in [1.82, 2.24) is 14.1 Å². The van der Waals surface area contributed by atoms with Crippen LogP contribution in [0.1, 0.15) is 28.7 Å². The molecule has 154 valence electrons. The maximum atomic E-state index is 13.6. The second-order valence-electron chi connectivity index (χ2n) is 7.29. The van der Waals surface area contributed by atoms with E-state index in [1.165, 1.54) is 18.2 Å².